The largest absolute Gasteiger partial charge is 0.305 e. The lowest BCUT2D eigenvalue weighted by Gasteiger charge is -2.32. The summed E-state index contributed by atoms with van der Waals surface area (Å²) in [5, 5.41) is 1.31. The fourth-order valence-electron chi connectivity index (χ4n) is 4.34. The van der Waals surface area contributed by atoms with Crippen molar-refractivity contribution in [3.63, 3.8) is 0 Å². The van der Waals surface area contributed by atoms with E-state index in [1.807, 2.05) is 72.7 Å². The van der Waals surface area contributed by atoms with Crippen molar-refractivity contribution in [2.75, 3.05) is 13.1 Å². The van der Waals surface area contributed by atoms with Crippen LogP contribution in [0.2, 0.25) is 10.0 Å². The first-order chi connectivity index (χ1) is 15.9. The summed E-state index contributed by atoms with van der Waals surface area (Å²) >= 11 is 12.8. The van der Waals surface area contributed by atoms with Crippen LogP contribution in [-0.2, 0) is 11.0 Å². The molecule has 33 heavy (non-hydrogen) atoms. The molecule has 5 nitrogen and oxygen atoms in total. The van der Waals surface area contributed by atoms with E-state index in [-0.39, 0.29) is 6.04 Å². The van der Waals surface area contributed by atoms with Gasteiger partial charge in [-0.3, -0.25) is 0 Å². The second-order valence-electron chi connectivity index (χ2n) is 8.40. The molecule has 8 heteroatoms. The van der Waals surface area contributed by atoms with Gasteiger partial charge in [-0.25, -0.2) is 18.5 Å². The van der Waals surface area contributed by atoms with Gasteiger partial charge in [0.05, 0.1) is 9.92 Å². The lowest BCUT2D eigenvalue weighted by atomic mass is 10.1. The monoisotopic (exact) mass is 498 g/mol. The van der Waals surface area contributed by atoms with Gasteiger partial charge < -0.3 is 4.57 Å². The van der Waals surface area contributed by atoms with Crippen LogP contribution in [0.1, 0.15) is 30.1 Å². The maximum atomic E-state index is 13.2. The third-order valence-corrected chi connectivity index (χ3v) is 8.39. The van der Waals surface area contributed by atoms with E-state index >= 15 is 0 Å². The smallest absolute Gasteiger partial charge is 0.160 e. The van der Waals surface area contributed by atoms with E-state index in [1.54, 1.807) is 0 Å². The highest BCUT2D eigenvalue weighted by atomic mass is 35.5. The van der Waals surface area contributed by atoms with Crippen LogP contribution < -0.4 is 0 Å². The number of nitrogens with zero attached hydrogens (tertiary/aromatic N) is 4. The number of fused-ring (bicyclic) bond motifs is 1. The van der Waals surface area contributed by atoms with Crippen LogP contribution in [0, 0.1) is 13.8 Å². The minimum absolute atomic E-state index is 0.186. The quantitative estimate of drug-likeness (QED) is 0.327. The molecule has 0 amide bonds. The van der Waals surface area contributed by atoms with E-state index in [1.165, 1.54) is 0 Å². The molecule has 2 aromatic heterocycles. The highest BCUT2D eigenvalue weighted by Crippen LogP contribution is 2.36. The molecule has 2 aromatic carbocycles. The number of halogens is 2. The molecule has 1 unspecified atom stereocenters. The van der Waals surface area contributed by atoms with Crippen LogP contribution >= 0.6 is 23.2 Å². The van der Waals surface area contributed by atoms with E-state index in [2.05, 4.69) is 4.57 Å². The second-order valence-corrected chi connectivity index (χ2v) is 10.7. The Morgan fingerprint density at radius 1 is 0.939 bits per heavy atom. The number of aromatic nitrogens is 3. The van der Waals surface area contributed by atoms with Crippen LogP contribution in [-0.4, -0.2) is 36.1 Å². The predicted octanol–water partition coefficient (Wildman–Crippen LogP) is 6.38. The van der Waals surface area contributed by atoms with Gasteiger partial charge in [-0.05, 0) is 68.7 Å². The van der Waals surface area contributed by atoms with Crippen molar-refractivity contribution in [3.8, 4) is 11.4 Å². The van der Waals surface area contributed by atoms with E-state index in [0.717, 1.165) is 51.5 Å². The van der Waals surface area contributed by atoms with Gasteiger partial charge >= 0.3 is 0 Å². The lowest BCUT2D eigenvalue weighted by molar-refractivity contribution is 0.288. The predicted molar refractivity (Wildman–Crippen MR) is 135 cm³/mol. The molecule has 0 bridgehead atoms. The Morgan fingerprint density at radius 2 is 1.70 bits per heavy atom. The van der Waals surface area contributed by atoms with E-state index in [0.29, 0.717) is 23.1 Å². The van der Waals surface area contributed by atoms with Crippen LogP contribution in [0.3, 0.4) is 0 Å². The fourth-order valence-corrected chi connectivity index (χ4v) is 6.05. The molecule has 0 N–H and O–H groups in total. The molecule has 1 atom stereocenters. The summed E-state index contributed by atoms with van der Waals surface area (Å²) in [6.45, 7) is 5.35. The van der Waals surface area contributed by atoms with Crippen molar-refractivity contribution in [1.29, 1.82) is 0 Å². The summed E-state index contributed by atoms with van der Waals surface area (Å²) in [7, 11) is -1.24. The van der Waals surface area contributed by atoms with Crippen molar-refractivity contribution in [2.45, 2.75) is 37.6 Å². The van der Waals surface area contributed by atoms with E-state index in [9.17, 15) is 4.21 Å². The zero-order chi connectivity index (χ0) is 23.1. The Labute approximate surface area is 206 Å². The van der Waals surface area contributed by atoms with Gasteiger partial charge in [-0.2, -0.15) is 0 Å². The Balaban J connectivity index is 1.46. The third-order valence-electron chi connectivity index (χ3n) is 6.16. The molecule has 170 valence electrons. The number of rotatable bonds is 4. The molecule has 5 rings (SSSR count). The maximum Gasteiger partial charge on any atom is 0.160 e. The minimum atomic E-state index is -1.24. The molecule has 1 saturated heterocycles. The van der Waals surface area contributed by atoms with Gasteiger partial charge in [0.15, 0.2) is 5.65 Å². The zero-order valence-corrected chi connectivity index (χ0v) is 20.8. The molecule has 0 saturated carbocycles. The summed E-state index contributed by atoms with van der Waals surface area (Å²) in [4.78, 5) is 10.5. The highest BCUT2D eigenvalue weighted by molar-refractivity contribution is 7.82. The van der Waals surface area contributed by atoms with Crippen LogP contribution in [0.4, 0.5) is 0 Å². The Morgan fingerprint density at radius 3 is 2.42 bits per heavy atom. The van der Waals surface area contributed by atoms with E-state index in [4.69, 9.17) is 33.2 Å². The highest BCUT2D eigenvalue weighted by Gasteiger charge is 2.29. The molecule has 1 aliphatic heterocycles. The average molecular weight is 499 g/mol. The first-order valence-corrected chi connectivity index (χ1v) is 12.8. The molecule has 0 aliphatic carbocycles. The fraction of sp³-hybridized carbons (Fsp3) is 0.280. The Kier molecular flexibility index (Phi) is 6.27. The van der Waals surface area contributed by atoms with Crippen LogP contribution in [0.25, 0.3) is 22.6 Å². The Bertz CT molecular complexity index is 1360. The molecular weight excluding hydrogens is 475 g/mol. The van der Waals surface area contributed by atoms with Gasteiger partial charge in [0, 0.05) is 35.4 Å². The van der Waals surface area contributed by atoms with Crippen LogP contribution in [0.15, 0.2) is 59.5 Å². The maximum absolute atomic E-state index is 13.2. The molecule has 3 heterocycles. The number of benzene rings is 2. The number of aryl methyl sites for hydroxylation is 2. The summed E-state index contributed by atoms with van der Waals surface area (Å²) in [5.74, 6) is 0.832. The molecule has 0 spiro atoms. The van der Waals surface area contributed by atoms with Crippen molar-refractivity contribution >= 4 is 45.4 Å². The van der Waals surface area contributed by atoms with Crippen molar-refractivity contribution in [2.24, 2.45) is 0 Å². The molecular formula is C25H24Cl2N4OS. The SMILES string of the molecule is Cc1ccc2nc(-c3ccccc3Cl)n(C3CCN(S(=O)c4ccc(C)c(Cl)c4)CC3)c2n1. The summed E-state index contributed by atoms with van der Waals surface area (Å²) in [6.07, 6.45) is 1.67. The second kappa shape index (κ2) is 9.18. The standard InChI is InChI=1S/C25H24Cl2N4OS/c1-16-7-9-19(15-22(16)27)33(32)30-13-11-18(12-14-30)31-24(20-5-3-4-6-21(20)26)29-23-10-8-17(2)28-25(23)31/h3-10,15,18H,11-14H2,1-2H3. The van der Waals surface area contributed by atoms with Gasteiger partial charge in [-0.1, -0.05) is 41.4 Å². The summed E-state index contributed by atoms with van der Waals surface area (Å²) < 4.78 is 17.4. The van der Waals surface area contributed by atoms with Gasteiger partial charge in [-0.15, -0.1) is 0 Å². The zero-order valence-electron chi connectivity index (χ0n) is 18.5. The van der Waals surface area contributed by atoms with E-state index < -0.39 is 11.0 Å². The molecule has 0 radical (unpaired) electrons. The number of hydrogen-bond acceptors (Lipinski definition) is 3. The Hall–Kier alpha value is -2.25. The first-order valence-electron chi connectivity index (χ1n) is 11.0. The van der Waals surface area contributed by atoms with Crippen molar-refractivity contribution in [1.82, 2.24) is 18.8 Å². The summed E-state index contributed by atoms with van der Waals surface area (Å²) in [6, 6.07) is 17.6. The molecule has 1 fully saturated rings. The number of pyridine rings is 1. The minimum Gasteiger partial charge on any atom is -0.305 e. The first kappa shape index (κ1) is 22.5. The molecule has 4 aromatic rings. The number of piperidine rings is 1. The number of hydrogen-bond donors (Lipinski definition) is 0. The van der Waals surface area contributed by atoms with Crippen molar-refractivity contribution < 1.29 is 4.21 Å². The molecule has 1 aliphatic rings. The van der Waals surface area contributed by atoms with Crippen molar-refractivity contribution in [3.05, 3.63) is 75.9 Å². The average Bonchev–Trinajstić information content (AvgIpc) is 3.19. The van der Waals surface area contributed by atoms with Gasteiger partial charge in [0.2, 0.25) is 0 Å². The topological polar surface area (TPSA) is 51.0 Å². The van der Waals surface area contributed by atoms with Gasteiger partial charge in [0.25, 0.3) is 0 Å². The normalized spacial score (nSPS) is 16.4. The summed E-state index contributed by atoms with van der Waals surface area (Å²) in [5.41, 5.74) is 4.56. The van der Waals surface area contributed by atoms with Crippen LogP contribution in [0.5, 0.6) is 0 Å². The van der Waals surface area contributed by atoms with Gasteiger partial charge in [0.1, 0.15) is 22.3 Å². The number of imidazole rings is 1. The third kappa shape index (κ3) is 4.33. The lowest BCUT2D eigenvalue weighted by Crippen LogP contribution is -2.36.